The van der Waals surface area contributed by atoms with Crippen LogP contribution in [-0.2, 0) is 17.6 Å². The Labute approximate surface area is 191 Å². The van der Waals surface area contributed by atoms with Crippen LogP contribution >= 0.6 is 0 Å². The fraction of sp³-hybridized carbons (Fsp3) is 0.217. The maximum atomic E-state index is 13.0. The lowest BCUT2D eigenvalue weighted by atomic mass is 10.1. The SMILES string of the molecule is CC(C)n1cc(/C(N)=N/OC(=O)c2ccc(C(F)(F)F)cc2)c(=O)n(Cc2ccccc2)c1=O. The second-order valence-electron chi connectivity index (χ2n) is 7.63. The van der Waals surface area contributed by atoms with Gasteiger partial charge >= 0.3 is 17.8 Å². The molecule has 0 atom stereocenters. The second-order valence-corrected chi connectivity index (χ2v) is 7.63. The summed E-state index contributed by atoms with van der Waals surface area (Å²) in [5.74, 6) is -1.54. The summed E-state index contributed by atoms with van der Waals surface area (Å²) in [6.07, 6.45) is -3.33. The molecule has 0 aliphatic heterocycles. The number of hydrogen-bond acceptors (Lipinski definition) is 5. The van der Waals surface area contributed by atoms with Crippen LogP contribution in [-0.4, -0.2) is 20.9 Å². The number of halogens is 3. The Morgan fingerprint density at radius 3 is 2.24 bits per heavy atom. The lowest BCUT2D eigenvalue weighted by Gasteiger charge is -2.15. The largest absolute Gasteiger partial charge is 0.416 e. The topological polar surface area (TPSA) is 109 Å². The van der Waals surface area contributed by atoms with Crippen molar-refractivity contribution in [3.8, 4) is 0 Å². The molecule has 1 aromatic heterocycles. The number of carbonyl (C=O) groups excluding carboxylic acids is 1. The van der Waals surface area contributed by atoms with Gasteiger partial charge in [0, 0.05) is 12.2 Å². The van der Waals surface area contributed by atoms with Crippen LogP contribution in [0.15, 0.2) is 75.5 Å². The number of nitrogens with zero attached hydrogens (tertiary/aromatic N) is 3. The zero-order chi connectivity index (χ0) is 25.0. The van der Waals surface area contributed by atoms with Gasteiger partial charge in [-0.15, -0.1) is 0 Å². The molecule has 0 unspecified atom stereocenters. The predicted octanol–water partition coefficient (Wildman–Crippen LogP) is 3.14. The quantitative estimate of drug-likeness (QED) is 0.256. The monoisotopic (exact) mass is 474 g/mol. The third-order valence-corrected chi connectivity index (χ3v) is 4.89. The highest BCUT2D eigenvalue weighted by atomic mass is 19.4. The molecule has 34 heavy (non-hydrogen) atoms. The minimum atomic E-state index is -4.55. The predicted molar refractivity (Wildman–Crippen MR) is 118 cm³/mol. The third kappa shape index (κ3) is 5.42. The summed E-state index contributed by atoms with van der Waals surface area (Å²) >= 11 is 0. The van der Waals surface area contributed by atoms with Crippen LogP contribution in [0.3, 0.4) is 0 Å². The zero-order valence-electron chi connectivity index (χ0n) is 18.2. The number of aromatic nitrogens is 2. The number of amidine groups is 1. The Bertz CT molecular complexity index is 1330. The zero-order valence-corrected chi connectivity index (χ0v) is 18.2. The van der Waals surface area contributed by atoms with Gasteiger partial charge in [0.25, 0.3) is 5.56 Å². The number of benzene rings is 2. The molecule has 0 aliphatic carbocycles. The molecule has 3 rings (SSSR count). The Balaban J connectivity index is 1.92. The van der Waals surface area contributed by atoms with Crippen molar-refractivity contribution in [1.82, 2.24) is 9.13 Å². The molecular weight excluding hydrogens is 453 g/mol. The lowest BCUT2D eigenvalue weighted by Crippen LogP contribution is -2.44. The van der Waals surface area contributed by atoms with Crippen molar-refractivity contribution >= 4 is 11.8 Å². The molecule has 3 aromatic rings. The average Bonchev–Trinajstić information content (AvgIpc) is 2.80. The molecule has 0 aliphatic rings. The summed E-state index contributed by atoms with van der Waals surface area (Å²) in [6, 6.07) is 11.8. The van der Waals surface area contributed by atoms with E-state index in [-0.39, 0.29) is 23.7 Å². The second kappa shape index (κ2) is 9.77. The average molecular weight is 474 g/mol. The van der Waals surface area contributed by atoms with E-state index in [2.05, 4.69) is 5.16 Å². The van der Waals surface area contributed by atoms with E-state index in [4.69, 9.17) is 10.6 Å². The van der Waals surface area contributed by atoms with E-state index in [1.54, 1.807) is 44.2 Å². The first-order valence-electron chi connectivity index (χ1n) is 10.1. The molecule has 0 spiro atoms. The van der Waals surface area contributed by atoms with Crippen molar-refractivity contribution in [2.45, 2.75) is 32.6 Å². The Kier molecular flexibility index (Phi) is 7.04. The first-order chi connectivity index (χ1) is 16.0. The van der Waals surface area contributed by atoms with Gasteiger partial charge in [-0.05, 0) is 43.7 Å². The van der Waals surface area contributed by atoms with Crippen LogP contribution in [0.2, 0.25) is 0 Å². The molecular formula is C23H21F3N4O4. The summed E-state index contributed by atoms with van der Waals surface area (Å²) in [4.78, 5) is 42.7. The van der Waals surface area contributed by atoms with E-state index >= 15 is 0 Å². The van der Waals surface area contributed by atoms with E-state index < -0.39 is 34.8 Å². The maximum Gasteiger partial charge on any atom is 0.416 e. The molecule has 0 amide bonds. The molecule has 2 aromatic carbocycles. The van der Waals surface area contributed by atoms with Gasteiger partial charge < -0.3 is 10.6 Å². The molecule has 0 saturated heterocycles. The molecule has 0 radical (unpaired) electrons. The molecule has 8 nitrogen and oxygen atoms in total. The van der Waals surface area contributed by atoms with Gasteiger partial charge in [-0.2, -0.15) is 13.2 Å². The third-order valence-electron chi connectivity index (χ3n) is 4.89. The maximum absolute atomic E-state index is 13.0. The van der Waals surface area contributed by atoms with Crippen LogP contribution in [0.5, 0.6) is 0 Å². The number of rotatable bonds is 6. The number of carbonyl (C=O) groups is 1. The molecule has 11 heteroatoms. The molecule has 1 heterocycles. The van der Waals surface area contributed by atoms with Crippen LogP contribution < -0.4 is 17.0 Å². The fourth-order valence-corrected chi connectivity index (χ4v) is 3.06. The van der Waals surface area contributed by atoms with Gasteiger partial charge in [0.2, 0.25) is 0 Å². The Morgan fingerprint density at radius 1 is 1.06 bits per heavy atom. The number of alkyl halides is 3. The van der Waals surface area contributed by atoms with Crippen molar-refractivity contribution < 1.29 is 22.8 Å². The van der Waals surface area contributed by atoms with Crippen molar-refractivity contribution in [3.63, 3.8) is 0 Å². The van der Waals surface area contributed by atoms with E-state index in [9.17, 15) is 27.6 Å². The Morgan fingerprint density at radius 2 is 1.68 bits per heavy atom. The van der Waals surface area contributed by atoms with E-state index in [0.29, 0.717) is 5.56 Å². The normalized spacial score (nSPS) is 12.1. The van der Waals surface area contributed by atoms with Crippen LogP contribution in [0.1, 0.15) is 46.9 Å². The minimum Gasteiger partial charge on any atom is -0.380 e. The fourth-order valence-electron chi connectivity index (χ4n) is 3.06. The van der Waals surface area contributed by atoms with Gasteiger partial charge in [-0.3, -0.25) is 13.9 Å². The van der Waals surface area contributed by atoms with E-state index in [1.807, 2.05) is 0 Å². The lowest BCUT2D eigenvalue weighted by molar-refractivity contribution is -0.137. The first kappa shape index (κ1) is 24.5. The highest BCUT2D eigenvalue weighted by Crippen LogP contribution is 2.29. The first-order valence-corrected chi connectivity index (χ1v) is 10.1. The molecule has 2 N–H and O–H groups in total. The van der Waals surface area contributed by atoms with E-state index in [1.165, 1.54) is 10.8 Å². The Hall–Kier alpha value is -4.15. The number of nitrogens with two attached hydrogens (primary N) is 1. The van der Waals surface area contributed by atoms with Gasteiger partial charge in [-0.1, -0.05) is 35.5 Å². The van der Waals surface area contributed by atoms with Gasteiger partial charge in [0.15, 0.2) is 5.84 Å². The molecule has 0 fully saturated rings. The summed E-state index contributed by atoms with van der Waals surface area (Å²) in [5, 5.41) is 3.47. The van der Waals surface area contributed by atoms with E-state index in [0.717, 1.165) is 28.8 Å². The highest BCUT2D eigenvalue weighted by Gasteiger charge is 2.30. The van der Waals surface area contributed by atoms with Crippen molar-refractivity contribution in [1.29, 1.82) is 0 Å². The van der Waals surface area contributed by atoms with Crippen molar-refractivity contribution in [3.05, 3.63) is 104 Å². The smallest absolute Gasteiger partial charge is 0.380 e. The molecule has 178 valence electrons. The summed E-state index contributed by atoms with van der Waals surface area (Å²) < 4.78 is 40.3. The molecule has 0 bridgehead atoms. The standard InChI is InChI=1S/C23H21F3N4O4/c1-14(2)29-13-18(20(31)30(22(29)33)12-15-6-4-3-5-7-15)19(27)28-34-21(32)16-8-10-17(11-9-16)23(24,25)26/h3-11,13-14H,12H2,1-2H3,(H2,27,28). The van der Waals surface area contributed by atoms with Crippen LogP contribution in [0, 0.1) is 0 Å². The summed E-state index contributed by atoms with van der Waals surface area (Å²) in [7, 11) is 0. The van der Waals surface area contributed by atoms with Crippen molar-refractivity contribution in [2.24, 2.45) is 10.9 Å². The number of oxime groups is 1. The summed E-state index contributed by atoms with van der Waals surface area (Å²) in [5.41, 5.74) is 3.99. The van der Waals surface area contributed by atoms with Gasteiger partial charge in [0.05, 0.1) is 17.7 Å². The van der Waals surface area contributed by atoms with Gasteiger partial charge in [-0.25, -0.2) is 9.59 Å². The molecule has 0 saturated carbocycles. The number of hydrogen-bond donors (Lipinski definition) is 1. The van der Waals surface area contributed by atoms with Gasteiger partial charge in [0.1, 0.15) is 5.56 Å². The minimum absolute atomic E-state index is 0.0162. The van der Waals surface area contributed by atoms with Crippen LogP contribution in [0.25, 0.3) is 0 Å². The summed E-state index contributed by atoms with van der Waals surface area (Å²) in [6.45, 7) is 3.46. The van der Waals surface area contributed by atoms with Crippen LogP contribution in [0.4, 0.5) is 13.2 Å². The van der Waals surface area contributed by atoms with Crippen molar-refractivity contribution in [2.75, 3.05) is 0 Å². The highest BCUT2D eigenvalue weighted by molar-refractivity contribution is 5.97.